The van der Waals surface area contributed by atoms with Gasteiger partial charge in [-0.15, -0.1) is 0 Å². The standard InChI is InChI=1S/C17H20N4O4/c1-11-18-16(19-25-11)14-5-2-6-21(14)17(23)12-8-15(22)20(9-12)10-13-4-3-7-24-13/h3-4,7,12,14H,2,5-6,8-10H2,1H3/t12-,14-/m0/s1. The Morgan fingerprint density at radius 1 is 1.44 bits per heavy atom. The van der Waals surface area contributed by atoms with E-state index in [2.05, 4.69) is 10.1 Å². The molecule has 0 radical (unpaired) electrons. The SMILES string of the molecule is Cc1nc([C@@H]2CCCN2C(=O)[C@H]2CC(=O)N(Cc3ccco3)C2)no1. The van der Waals surface area contributed by atoms with E-state index >= 15 is 0 Å². The summed E-state index contributed by atoms with van der Waals surface area (Å²) in [4.78, 5) is 33.0. The van der Waals surface area contributed by atoms with Crippen molar-refractivity contribution in [3.05, 3.63) is 35.9 Å². The number of hydrogen-bond donors (Lipinski definition) is 0. The maximum atomic E-state index is 13.0. The van der Waals surface area contributed by atoms with Gasteiger partial charge >= 0.3 is 0 Å². The van der Waals surface area contributed by atoms with Crippen molar-refractivity contribution in [3.8, 4) is 0 Å². The smallest absolute Gasteiger partial charge is 0.228 e. The van der Waals surface area contributed by atoms with E-state index in [9.17, 15) is 9.59 Å². The zero-order valence-corrected chi connectivity index (χ0v) is 14.1. The van der Waals surface area contributed by atoms with Gasteiger partial charge in [0, 0.05) is 26.4 Å². The van der Waals surface area contributed by atoms with E-state index in [1.54, 1.807) is 29.1 Å². The molecule has 2 aromatic heterocycles. The molecule has 25 heavy (non-hydrogen) atoms. The molecule has 2 saturated heterocycles. The molecule has 0 N–H and O–H groups in total. The van der Waals surface area contributed by atoms with Crippen LogP contribution in [0.25, 0.3) is 0 Å². The highest BCUT2D eigenvalue weighted by molar-refractivity contribution is 5.89. The monoisotopic (exact) mass is 344 g/mol. The Morgan fingerprint density at radius 2 is 2.32 bits per heavy atom. The van der Waals surface area contributed by atoms with Crippen LogP contribution in [0.2, 0.25) is 0 Å². The van der Waals surface area contributed by atoms with E-state index in [-0.39, 0.29) is 30.2 Å². The molecule has 0 spiro atoms. The molecule has 2 aliphatic heterocycles. The van der Waals surface area contributed by atoms with Gasteiger partial charge in [-0.25, -0.2) is 0 Å². The van der Waals surface area contributed by atoms with Crippen LogP contribution in [-0.4, -0.2) is 44.8 Å². The number of carbonyl (C=O) groups excluding carboxylic acids is 2. The number of rotatable bonds is 4. The van der Waals surface area contributed by atoms with Gasteiger partial charge in [0.05, 0.1) is 24.8 Å². The maximum absolute atomic E-state index is 13.0. The highest BCUT2D eigenvalue weighted by Gasteiger charge is 2.41. The molecule has 0 bridgehead atoms. The van der Waals surface area contributed by atoms with Crippen molar-refractivity contribution in [2.75, 3.05) is 13.1 Å². The van der Waals surface area contributed by atoms with Crippen LogP contribution in [-0.2, 0) is 16.1 Å². The molecule has 4 heterocycles. The molecule has 0 aliphatic carbocycles. The van der Waals surface area contributed by atoms with Crippen LogP contribution in [0, 0.1) is 12.8 Å². The van der Waals surface area contributed by atoms with Crippen molar-refractivity contribution in [1.29, 1.82) is 0 Å². The predicted molar refractivity (Wildman–Crippen MR) is 85.0 cm³/mol. The Kier molecular flexibility index (Phi) is 4.03. The fourth-order valence-electron chi connectivity index (χ4n) is 3.66. The van der Waals surface area contributed by atoms with E-state index in [1.165, 1.54) is 0 Å². The second kappa shape index (κ2) is 6.34. The Bertz CT molecular complexity index is 769. The molecule has 8 nitrogen and oxygen atoms in total. The number of aryl methyl sites for hydroxylation is 1. The van der Waals surface area contributed by atoms with Crippen LogP contribution in [0.1, 0.15) is 42.8 Å². The lowest BCUT2D eigenvalue weighted by Crippen LogP contribution is -2.37. The molecule has 2 fully saturated rings. The molecule has 2 amide bonds. The molecule has 8 heteroatoms. The van der Waals surface area contributed by atoms with Crippen LogP contribution in [0.3, 0.4) is 0 Å². The number of aromatic nitrogens is 2. The van der Waals surface area contributed by atoms with Gasteiger partial charge in [0.25, 0.3) is 0 Å². The molecule has 2 aromatic rings. The first-order valence-electron chi connectivity index (χ1n) is 8.52. The van der Waals surface area contributed by atoms with Crippen LogP contribution < -0.4 is 0 Å². The van der Waals surface area contributed by atoms with Crippen molar-refractivity contribution in [2.45, 2.75) is 38.8 Å². The number of nitrogens with zero attached hydrogens (tertiary/aromatic N) is 4. The minimum absolute atomic E-state index is 0.000230. The fourth-order valence-corrected chi connectivity index (χ4v) is 3.66. The second-order valence-electron chi connectivity index (χ2n) is 6.62. The second-order valence-corrected chi connectivity index (χ2v) is 6.62. The van der Waals surface area contributed by atoms with Crippen LogP contribution in [0.5, 0.6) is 0 Å². The van der Waals surface area contributed by atoms with Crippen molar-refractivity contribution in [3.63, 3.8) is 0 Å². The fraction of sp³-hybridized carbons (Fsp3) is 0.529. The third kappa shape index (κ3) is 3.04. The average molecular weight is 344 g/mol. The lowest BCUT2D eigenvalue weighted by Gasteiger charge is -2.25. The lowest BCUT2D eigenvalue weighted by atomic mass is 10.1. The molecule has 132 valence electrons. The summed E-state index contributed by atoms with van der Waals surface area (Å²) in [6.45, 7) is 3.23. The summed E-state index contributed by atoms with van der Waals surface area (Å²) in [6.07, 6.45) is 3.55. The Balaban J connectivity index is 1.44. The summed E-state index contributed by atoms with van der Waals surface area (Å²) < 4.78 is 10.4. The van der Waals surface area contributed by atoms with Crippen molar-refractivity contribution in [1.82, 2.24) is 19.9 Å². The zero-order valence-electron chi connectivity index (χ0n) is 14.1. The Labute approximate surface area is 144 Å². The number of amides is 2. The number of carbonyl (C=O) groups is 2. The normalized spacial score (nSPS) is 23.6. The minimum Gasteiger partial charge on any atom is -0.467 e. The first-order valence-corrected chi connectivity index (χ1v) is 8.52. The molecular formula is C17H20N4O4. The molecule has 2 atom stereocenters. The number of likely N-dealkylation sites (tertiary alicyclic amines) is 2. The minimum atomic E-state index is -0.323. The van der Waals surface area contributed by atoms with Gasteiger partial charge in [0.1, 0.15) is 5.76 Å². The Morgan fingerprint density at radius 3 is 3.04 bits per heavy atom. The van der Waals surface area contributed by atoms with E-state index in [1.807, 2.05) is 6.07 Å². The van der Waals surface area contributed by atoms with Crippen LogP contribution >= 0.6 is 0 Å². The van der Waals surface area contributed by atoms with E-state index in [0.29, 0.717) is 31.3 Å². The van der Waals surface area contributed by atoms with E-state index in [0.717, 1.165) is 18.6 Å². The third-order valence-corrected chi connectivity index (χ3v) is 4.87. The number of hydrogen-bond acceptors (Lipinski definition) is 6. The first-order chi connectivity index (χ1) is 12.1. The van der Waals surface area contributed by atoms with Gasteiger partial charge in [0.2, 0.25) is 17.7 Å². The van der Waals surface area contributed by atoms with Gasteiger partial charge in [-0.2, -0.15) is 4.98 Å². The molecular weight excluding hydrogens is 324 g/mol. The third-order valence-electron chi connectivity index (χ3n) is 4.87. The maximum Gasteiger partial charge on any atom is 0.228 e. The summed E-state index contributed by atoms with van der Waals surface area (Å²) in [6, 6.07) is 3.47. The molecule has 0 saturated carbocycles. The summed E-state index contributed by atoms with van der Waals surface area (Å²) in [5, 5.41) is 3.97. The van der Waals surface area contributed by atoms with E-state index in [4.69, 9.17) is 8.94 Å². The van der Waals surface area contributed by atoms with Gasteiger partial charge in [-0.3, -0.25) is 9.59 Å². The summed E-state index contributed by atoms with van der Waals surface area (Å²) in [7, 11) is 0. The van der Waals surface area contributed by atoms with Crippen LogP contribution in [0.4, 0.5) is 0 Å². The zero-order chi connectivity index (χ0) is 17.4. The summed E-state index contributed by atoms with van der Waals surface area (Å²) >= 11 is 0. The average Bonchev–Trinajstić information content (AvgIpc) is 3.35. The predicted octanol–water partition coefficient (Wildman–Crippen LogP) is 1.68. The van der Waals surface area contributed by atoms with Crippen molar-refractivity contribution in [2.24, 2.45) is 5.92 Å². The highest BCUT2D eigenvalue weighted by atomic mass is 16.5. The van der Waals surface area contributed by atoms with Crippen LogP contribution in [0.15, 0.2) is 27.3 Å². The summed E-state index contributed by atoms with van der Waals surface area (Å²) in [5.41, 5.74) is 0. The topological polar surface area (TPSA) is 92.7 Å². The molecule has 2 aliphatic rings. The number of furan rings is 1. The first kappa shape index (κ1) is 15.9. The largest absolute Gasteiger partial charge is 0.467 e. The quantitative estimate of drug-likeness (QED) is 0.838. The van der Waals surface area contributed by atoms with Gasteiger partial charge in [0.15, 0.2) is 5.82 Å². The van der Waals surface area contributed by atoms with Gasteiger partial charge < -0.3 is 18.7 Å². The molecule has 0 aromatic carbocycles. The molecule has 4 rings (SSSR count). The lowest BCUT2D eigenvalue weighted by molar-refractivity contribution is -0.136. The highest BCUT2D eigenvalue weighted by Crippen LogP contribution is 2.33. The summed E-state index contributed by atoms with van der Waals surface area (Å²) in [5.74, 6) is 1.44. The van der Waals surface area contributed by atoms with E-state index < -0.39 is 0 Å². The molecule has 0 unspecified atom stereocenters. The van der Waals surface area contributed by atoms with Crippen molar-refractivity contribution < 1.29 is 18.5 Å². The van der Waals surface area contributed by atoms with Gasteiger partial charge in [-0.1, -0.05) is 5.16 Å². The van der Waals surface area contributed by atoms with Crippen molar-refractivity contribution >= 4 is 11.8 Å². The van der Waals surface area contributed by atoms with Gasteiger partial charge in [-0.05, 0) is 25.0 Å². The Hall–Kier alpha value is -2.64.